The van der Waals surface area contributed by atoms with Gasteiger partial charge in [-0.3, -0.25) is 0 Å². The van der Waals surface area contributed by atoms with Gasteiger partial charge in [0.1, 0.15) is 12.4 Å². The van der Waals surface area contributed by atoms with E-state index in [-0.39, 0.29) is 0 Å². The van der Waals surface area contributed by atoms with Gasteiger partial charge in [-0.25, -0.2) is 5.43 Å². The zero-order chi connectivity index (χ0) is 25.3. The van der Waals surface area contributed by atoms with Crippen LogP contribution in [0.15, 0.2) is 84.0 Å². The maximum absolute atomic E-state index is 5.95. The molecule has 1 saturated heterocycles. The number of hydrogen-bond donors (Lipinski definition) is 2. The maximum Gasteiger partial charge on any atom is 0.250 e. The Morgan fingerprint density at radius 1 is 0.919 bits per heavy atom. The highest BCUT2D eigenvalue weighted by atomic mass is 35.5. The predicted molar refractivity (Wildman–Crippen MR) is 146 cm³/mol. The maximum atomic E-state index is 5.95. The Kier molecular flexibility index (Phi) is 8.04. The Morgan fingerprint density at radius 2 is 1.70 bits per heavy atom. The zero-order valence-electron chi connectivity index (χ0n) is 20.0. The van der Waals surface area contributed by atoms with Crippen LogP contribution in [0.3, 0.4) is 0 Å². The van der Waals surface area contributed by atoms with Crippen molar-refractivity contribution < 1.29 is 9.47 Å². The summed E-state index contributed by atoms with van der Waals surface area (Å²) < 4.78 is 11.4. The molecule has 9 nitrogen and oxygen atoms in total. The first-order valence-corrected chi connectivity index (χ1v) is 12.3. The molecule has 3 aromatic carbocycles. The molecule has 0 aliphatic carbocycles. The summed E-state index contributed by atoms with van der Waals surface area (Å²) in [4.78, 5) is 15.7. The molecule has 0 saturated carbocycles. The van der Waals surface area contributed by atoms with Crippen molar-refractivity contribution >= 4 is 41.3 Å². The number of halogens is 1. The molecule has 1 aromatic heterocycles. The van der Waals surface area contributed by atoms with E-state index in [0.29, 0.717) is 55.8 Å². The Balaban J connectivity index is 1.27. The number of ether oxygens (including phenoxy) is 2. The monoisotopic (exact) mass is 515 g/mol. The van der Waals surface area contributed by atoms with E-state index in [1.54, 1.807) is 6.21 Å². The highest BCUT2D eigenvalue weighted by molar-refractivity contribution is 6.30. The minimum atomic E-state index is 0.335. The van der Waals surface area contributed by atoms with Gasteiger partial charge >= 0.3 is 0 Å². The van der Waals surface area contributed by atoms with Gasteiger partial charge in [-0.2, -0.15) is 20.1 Å². The second-order valence-corrected chi connectivity index (χ2v) is 8.67. The minimum absolute atomic E-state index is 0.335. The summed E-state index contributed by atoms with van der Waals surface area (Å²) >= 11 is 5.95. The number of anilines is 4. The zero-order valence-corrected chi connectivity index (χ0v) is 20.8. The topological polar surface area (TPSA) is 96.8 Å². The van der Waals surface area contributed by atoms with Crippen LogP contribution in [0.4, 0.5) is 23.5 Å². The van der Waals surface area contributed by atoms with Crippen molar-refractivity contribution in [3.05, 3.63) is 95.0 Å². The Bertz CT molecular complexity index is 1330. The highest BCUT2D eigenvalue weighted by Crippen LogP contribution is 2.19. The third-order valence-electron chi connectivity index (χ3n) is 5.50. The SMILES string of the molecule is Clc1ccc(COc2cccc(/C=N\Nc3nc(Nc4ccccc4)nc(N4CCOCC4)n3)c2)cc1. The molecule has 0 amide bonds. The van der Waals surface area contributed by atoms with E-state index in [4.69, 9.17) is 21.1 Å². The lowest BCUT2D eigenvalue weighted by molar-refractivity contribution is 0.122. The molecule has 188 valence electrons. The van der Waals surface area contributed by atoms with Crippen LogP contribution in [0.5, 0.6) is 5.75 Å². The van der Waals surface area contributed by atoms with Gasteiger partial charge in [0.2, 0.25) is 17.8 Å². The summed E-state index contributed by atoms with van der Waals surface area (Å²) in [6, 6.07) is 25.0. The van der Waals surface area contributed by atoms with E-state index in [2.05, 4.69) is 35.7 Å². The smallest absolute Gasteiger partial charge is 0.250 e. The van der Waals surface area contributed by atoms with E-state index >= 15 is 0 Å². The first-order chi connectivity index (χ1) is 18.2. The highest BCUT2D eigenvalue weighted by Gasteiger charge is 2.16. The van der Waals surface area contributed by atoms with Crippen molar-refractivity contribution in [3.63, 3.8) is 0 Å². The molecule has 0 bridgehead atoms. The third kappa shape index (κ3) is 7.16. The van der Waals surface area contributed by atoms with E-state index in [1.807, 2.05) is 78.9 Å². The Morgan fingerprint density at radius 3 is 2.51 bits per heavy atom. The van der Waals surface area contributed by atoms with Gasteiger partial charge in [0.25, 0.3) is 0 Å². The van der Waals surface area contributed by atoms with Crippen LogP contribution in [0.25, 0.3) is 0 Å². The number of morpholine rings is 1. The number of para-hydroxylation sites is 1. The molecule has 0 unspecified atom stereocenters. The molecular weight excluding hydrogens is 490 g/mol. The van der Waals surface area contributed by atoms with Crippen LogP contribution >= 0.6 is 11.6 Å². The molecule has 5 rings (SSSR count). The molecule has 0 radical (unpaired) electrons. The summed E-state index contributed by atoms with van der Waals surface area (Å²) in [6.07, 6.45) is 1.69. The molecule has 1 aliphatic heterocycles. The molecule has 2 heterocycles. The van der Waals surface area contributed by atoms with E-state index in [9.17, 15) is 0 Å². The Labute approximate surface area is 220 Å². The first-order valence-electron chi connectivity index (χ1n) is 11.9. The van der Waals surface area contributed by atoms with Crippen molar-refractivity contribution in [3.8, 4) is 5.75 Å². The molecule has 1 fully saturated rings. The largest absolute Gasteiger partial charge is 0.489 e. The van der Waals surface area contributed by atoms with Crippen molar-refractivity contribution in [2.75, 3.05) is 41.9 Å². The summed E-state index contributed by atoms with van der Waals surface area (Å²) in [5.74, 6) is 2.06. The molecule has 4 aromatic rings. The Hall–Kier alpha value is -4.21. The van der Waals surface area contributed by atoms with Crippen LogP contribution in [0, 0.1) is 0 Å². The van der Waals surface area contributed by atoms with Crippen molar-refractivity contribution in [2.24, 2.45) is 5.10 Å². The minimum Gasteiger partial charge on any atom is -0.489 e. The standard InChI is InChI=1S/C27H26ClN7O2/c28-22-11-9-20(10-12-22)19-37-24-8-4-5-21(17-24)18-29-34-26-31-25(30-23-6-2-1-3-7-23)32-27(33-26)35-13-15-36-16-14-35/h1-12,17-18H,13-16,19H2,(H2,30,31,32,33,34)/b29-18-. The molecule has 0 spiro atoms. The van der Waals surface area contributed by atoms with Crippen LogP contribution in [0.2, 0.25) is 5.02 Å². The average molecular weight is 516 g/mol. The average Bonchev–Trinajstić information content (AvgIpc) is 2.94. The molecular formula is C27H26ClN7O2. The van der Waals surface area contributed by atoms with Crippen molar-refractivity contribution in [1.29, 1.82) is 0 Å². The fraction of sp³-hybridized carbons (Fsp3) is 0.185. The summed E-state index contributed by atoms with van der Waals surface area (Å²) in [5.41, 5.74) is 5.72. The van der Waals surface area contributed by atoms with E-state index < -0.39 is 0 Å². The fourth-order valence-corrected chi connectivity index (χ4v) is 3.75. The quantitative estimate of drug-likeness (QED) is 0.234. The van der Waals surface area contributed by atoms with Crippen LogP contribution < -0.4 is 20.4 Å². The van der Waals surface area contributed by atoms with Gasteiger partial charge in [0, 0.05) is 23.8 Å². The van der Waals surface area contributed by atoms with Gasteiger partial charge < -0.3 is 19.7 Å². The normalized spacial score (nSPS) is 13.5. The van der Waals surface area contributed by atoms with Crippen molar-refractivity contribution in [2.45, 2.75) is 6.61 Å². The van der Waals surface area contributed by atoms with Gasteiger partial charge in [0.15, 0.2) is 0 Å². The lowest BCUT2D eigenvalue weighted by Crippen LogP contribution is -2.37. The van der Waals surface area contributed by atoms with Gasteiger partial charge in [-0.1, -0.05) is 54.1 Å². The number of benzene rings is 3. The van der Waals surface area contributed by atoms with E-state index in [1.165, 1.54) is 0 Å². The third-order valence-corrected chi connectivity index (χ3v) is 5.75. The van der Waals surface area contributed by atoms with Gasteiger partial charge in [-0.15, -0.1) is 0 Å². The molecule has 10 heteroatoms. The number of nitrogens with zero attached hydrogens (tertiary/aromatic N) is 5. The van der Waals surface area contributed by atoms with Crippen LogP contribution in [-0.4, -0.2) is 47.5 Å². The number of aromatic nitrogens is 3. The van der Waals surface area contributed by atoms with Crippen LogP contribution in [-0.2, 0) is 11.3 Å². The van der Waals surface area contributed by atoms with E-state index in [0.717, 1.165) is 22.6 Å². The number of hydrogen-bond acceptors (Lipinski definition) is 9. The molecule has 37 heavy (non-hydrogen) atoms. The van der Waals surface area contributed by atoms with Gasteiger partial charge in [0.05, 0.1) is 19.4 Å². The number of rotatable bonds is 9. The summed E-state index contributed by atoms with van der Waals surface area (Å²) in [5, 5.41) is 8.28. The summed E-state index contributed by atoms with van der Waals surface area (Å²) in [6.45, 7) is 3.12. The molecule has 0 atom stereocenters. The second kappa shape index (κ2) is 12.2. The van der Waals surface area contributed by atoms with Gasteiger partial charge in [-0.05, 0) is 47.5 Å². The molecule has 1 aliphatic rings. The summed E-state index contributed by atoms with van der Waals surface area (Å²) in [7, 11) is 0. The number of hydrazone groups is 1. The fourth-order valence-electron chi connectivity index (χ4n) is 3.62. The second-order valence-electron chi connectivity index (χ2n) is 8.23. The molecule has 2 N–H and O–H groups in total. The van der Waals surface area contributed by atoms with Crippen molar-refractivity contribution in [1.82, 2.24) is 15.0 Å². The first kappa shape index (κ1) is 24.5. The lowest BCUT2D eigenvalue weighted by atomic mass is 10.2. The van der Waals surface area contributed by atoms with Crippen LogP contribution in [0.1, 0.15) is 11.1 Å². The lowest BCUT2D eigenvalue weighted by Gasteiger charge is -2.27. The predicted octanol–water partition coefficient (Wildman–Crippen LogP) is 5.13. The number of nitrogens with one attached hydrogen (secondary N) is 2.